The molecule has 1 saturated heterocycles. The molecule has 0 spiro atoms. The number of hydrogen-bond acceptors (Lipinski definition) is 5. The van der Waals surface area contributed by atoms with E-state index < -0.39 is 0 Å². The van der Waals surface area contributed by atoms with E-state index in [2.05, 4.69) is 20.8 Å². The third-order valence-corrected chi connectivity index (χ3v) is 2.10. The molecule has 2 rings (SSSR count). The highest BCUT2D eigenvalue weighted by Gasteiger charge is 2.12. The summed E-state index contributed by atoms with van der Waals surface area (Å²) in [7, 11) is 0. The summed E-state index contributed by atoms with van der Waals surface area (Å²) >= 11 is 0. The van der Waals surface area contributed by atoms with Crippen LogP contribution < -0.4 is 5.32 Å². The summed E-state index contributed by atoms with van der Waals surface area (Å²) in [5, 5.41) is 14.3. The van der Waals surface area contributed by atoms with Gasteiger partial charge in [-0.15, -0.1) is 5.10 Å². The molecule has 6 heteroatoms. The highest BCUT2D eigenvalue weighted by atomic mass is 16.5. The van der Waals surface area contributed by atoms with Gasteiger partial charge in [0.2, 0.25) is 0 Å². The molecule has 0 radical (unpaired) electrons. The van der Waals surface area contributed by atoms with E-state index in [0.29, 0.717) is 6.04 Å². The molecule has 0 amide bonds. The Morgan fingerprint density at radius 1 is 1.62 bits per heavy atom. The van der Waals surface area contributed by atoms with E-state index in [1.54, 1.807) is 11.0 Å². The molecule has 72 valence electrons. The van der Waals surface area contributed by atoms with Gasteiger partial charge in [-0.2, -0.15) is 0 Å². The van der Waals surface area contributed by atoms with Crippen LogP contribution >= 0.6 is 0 Å². The first-order valence-electron chi connectivity index (χ1n) is 4.47. The van der Waals surface area contributed by atoms with E-state index in [1.165, 1.54) is 0 Å². The van der Waals surface area contributed by atoms with Crippen LogP contribution in [0.4, 0.5) is 0 Å². The van der Waals surface area contributed by atoms with Crippen LogP contribution in [0.3, 0.4) is 0 Å². The van der Waals surface area contributed by atoms with Gasteiger partial charge >= 0.3 is 0 Å². The summed E-state index contributed by atoms with van der Waals surface area (Å²) in [6.07, 6.45) is 2.63. The maximum Gasteiger partial charge on any atom is 0.138 e. The first-order chi connectivity index (χ1) is 6.45. The van der Waals surface area contributed by atoms with Crippen molar-refractivity contribution in [3.63, 3.8) is 0 Å². The van der Waals surface area contributed by atoms with Crippen LogP contribution in [0.1, 0.15) is 6.42 Å². The molecular formula is C7H13N5O. The Balaban J connectivity index is 1.72. The lowest BCUT2D eigenvalue weighted by molar-refractivity contribution is 0.0724. The summed E-state index contributed by atoms with van der Waals surface area (Å²) in [6.45, 7) is 3.40. The molecule has 13 heavy (non-hydrogen) atoms. The van der Waals surface area contributed by atoms with Gasteiger partial charge in [0.05, 0.1) is 13.2 Å². The summed E-state index contributed by atoms with van der Waals surface area (Å²) in [5.41, 5.74) is 0. The third kappa shape index (κ3) is 2.46. The van der Waals surface area contributed by atoms with Gasteiger partial charge in [0.15, 0.2) is 0 Å². The van der Waals surface area contributed by atoms with Crippen LogP contribution in [0, 0.1) is 0 Å². The van der Waals surface area contributed by atoms with Gasteiger partial charge in [0.25, 0.3) is 0 Å². The average molecular weight is 183 g/mol. The van der Waals surface area contributed by atoms with Crippen molar-refractivity contribution in [1.29, 1.82) is 0 Å². The summed E-state index contributed by atoms with van der Waals surface area (Å²) in [6, 6.07) is 0.443. The van der Waals surface area contributed by atoms with Gasteiger partial charge < -0.3 is 10.1 Å². The van der Waals surface area contributed by atoms with Gasteiger partial charge in [-0.1, -0.05) is 0 Å². The lowest BCUT2D eigenvalue weighted by atomic mass is 10.2. The monoisotopic (exact) mass is 183 g/mol. The van der Waals surface area contributed by atoms with Crippen LogP contribution in [0.5, 0.6) is 0 Å². The molecule has 0 bridgehead atoms. The van der Waals surface area contributed by atoms with Crippen molar-refractivity contribution >= 4 is 0 Å². The number of ether oxygens (including phenoxy) is 1. The number of rotatable bonds is 3. The molecular weight excluding hydrogens is 170 g/mol. The molecule has 1 unspecified atom stereocenters. The molecule has 1 aliphatic rings. The molecule has 1 aromatic rings. The van der Waals surface area contributed by atoms with E-state index >= 15 is 0 Å². The normalized spacial score (nSPS) is 23.2. The Hall–Kier alpha value is -1.01. The SMILES string of the molecule is c1nnnn1CCC1COCCN1. The third-order valence-electron chi connectivity index (χ3n) is 2.10. The minimum absolute atomic E-state index is 0.443. The van der Waals surface area contributed by atoms with E-state index in [0.717, 1.165) is 32.7 Å². The van der Waals surface area contributed by atoms with Crippen molar-refractivity contribution in [3.8, 4) is 0 Å². The standard InChI is InChI=1S/C7H13N5O/c1(3-12-6-9-10-11-12)7-5-13-4-2-8-7/h6-8H,1-5H2. The minimum Gasteiger partial charge on any atom is -0.379 e. The van der Waals surface area contributed by atoms with Gasteiger partial charge in [-0.3, -0.25) is 0 Å². The molecule has 0 aromatic carbocycles. The van der Waals surface area contributed by atoms with Crippen molar-refractivity contribution in [3.05, 3.63) is 6.33 Å². The van der Waals surface area contributed by atoms with Crippen LogP contribution in [-0.2, 0) is 11.3 Å². The van der Waals surface area contributed by atoms with Crippen LogP contribution in [0.15, 0.2) is 6.33 Å². The largest absolute Gasteiger partial charge is 0.379 e. The van der Waals surface area contributed by atoms with Crippen molar-refractivity contribution in [2.75, 3.05) is 19.8 Å². The zero-order valence-corrected chi connectivity index (χ0v) is 7.39. The number of aromatic nitrogens is 4. The van der Waals surface area contributed by atoms with Crippen LogP contribution in [0.25, 0.3) is 0 Å². The summed E-state index contributed by atoms with van der Waals surface area (Å²) in [4.78, 5) is 0. The van der Waals surface area contributed by atoms with Crippen LogP contribution in [-0.4, -0.2) is 46.0 Å². The van der Waals surface area contributed by atoms with Gasteiger partial charge in [-0.25, -0.2) is 4.68 Å². The average Bonchev–Trinajstić information content (AvgIpc) is 2.69. The van der Waals surface area contributed by atoms with E-state index in [-0.39, 0.29) is 0 Å². The summed E-state index contributed by atoms with van der Waals surface area (Å²) < 4.78 is 7.06. The molecule has 1 aromatic heterocycles. The molecule has 0 saturated carbocycles. The maximum atomic E-state index is 5.33. The second-order valence-corrected chi connectivity index (χ2v) is 3.09. The second kappa shape index (κ2) is 4.29. The predicted molar refractivity (Wildman–Crippen MR) is 45.0 cm³/mol. The van der Waals surface area contributed by atoms with E-state index in [9.17, 15) is 0 Å². The topological polar surface area (TPSA) is 64.9 Å². The lowest BCUT2D eigenvalue weighted by Gasteiger charge is -2.23. The second-order valence-electron chi connectivity index (χ2n) is 3.09. The Kier molecular flexibility index (Phi) is 2.83. The quantitative estimate of drug-likeness (QED) is 0.654. The Labute approximate surface area is 76.3 Å². The van der Waals surface area contributed by atoms with Gasteiger partial charge in [0.1, 0.15) is 6.33 Å². The smallest absolute Gasteiger partial charge is 0.138 e. The zero-order chi connectivity index (χ0) is 8.93. The molecule has 1 atom stereocenters. The van der Waals surface area contributed by atoms with E-state index in [4.69, 9.17) is 4.74 Å². The van der Waals surface area contributed by atoms with Crippen molar-refractivity contribution in [2.45, 2.75) is 19.0 Å². The number of aryl methyl sites for hydroxylation is 1. The Morgan fingerprint density at radius 2 is 2.62 bits per heavy atom. The van der Waals surface area contributed by atoms with Crippen molar-refractivity contribution < 1.29 is 4.74 Å². The Bertz CT molecular complexity index is 231. The molecule has 1 N–H and O–H groups in total. The number of nitrogens with zero attached hydrogens (tertiary/aromatic N) is 4. The number of nitrogens with one attached hydrogen (secondary N) is 1. The highest BCUT2D eigenvalue weighted by Crippen LogP contribution is 1.99. The fraction of sp³-hybridized carbons (Fsp3) is 0.857. The van der Waals surface area contributed by atoms with Gasteiger partial charge in [-0.05, 0) is 16.8 Å². The zero-order valence-electron chi connectivity index (χ0n) is 7.39. The molecule has 0 aliphatic carbocycles. The number of hydrogen-bond donors (Lipinski definition) is 1. The molecule has 1 fully saturated rings. The summed E-state index contributed by atoms with van der Waals surface area (Å²) in [5.74, 6) is 0. The molecule has 2 heterocycles. The minimum atomic E-state index is 0.443. The lowest BCUT2D eigenvalue weighted by Crippen LogP contribution is -2.41. The number of tetrazole rings is 1. The first-order valence-corrected chi connectivity index (χ1v) is 4.47. The van der Waals surface area contributed by atoms with Crippen LogP contribution in [0.2, 0.25) is 0 Å². The fourth-order valence-electron chi connectivity index (χ4n) is 1.38. The van der Waals surface area contributed by atoms with Crippen molar-refractivity contribution in [2.24, 2.45) is 0 Å². The maximum absolute atomic E-state index is 5.33. The first kappa shape index (κ1) is 8.58. The molecule has 1 aliphatic heterocycles. The van der Waals surface area contributed by atoms with Crippen molar-refractivity contribution in [1.82, 2.24) is 25.5 Å². The van der Waals surface area contributed by atoms with E-state index in [1.807, 2.05) is 0 Å². The number of morpholine rings is 1. The van der Waals surface area contributed by atoms with Gasteiger partial charge in [0, 0.05) is 19.1 Å². The predicted octanol–water partition coefficient (Wildman–Crippen LogP) is -0.948. The Morgan fingerprint density at radius 3 is 3.31 bits per heavy atom. The fourth-order valence-corrected chi connectivity index (χ4v) is 1.38. The molecule has 6 nitrogen and oxygen atoms in total. The highest BCUT2D eigenvalue weighted by molar-refractivity contribution is 4.69.